The molecule has 0 bridgehead atoms. The fourth-order valence-corrected chi connectivity index (χ4v) is 1.53. The normalized spacial score (nSPS) is 10.2. The van der Waals surface area contributed by atoms with Gasteiger partial charge in [0, 0.05) is 5.56 Å². The number of ether oxygens (including phenoxy) is 1. The summed E-state index contributed by atoms with van der Waals surface area (Å²) in [5.41, 5.74) is 2.39. The molecule has 2 aromatic rings. The highest BCUT2D eigenvalue weighted by Gasteiger charge is 2.01. The average molecular weight is 230 g/mol. The molecule has 4 heteroatoms. The van der Waals surface area contributed by atoms with Crippen LogP contribution in [0.25, 0.3) is 11.3 Å². The van der Waals surface area contributed by atoms with Crippen molar-refractivity contribution >= 4 is 0 Å². The fraction of sp³-hybridized carbons (Fsp3) is 0.231. The van der Waals surface area contributed by atoms with E-state index in [2.05, 4.69) is 9.97 Å². The van der Waals surface area contributed by atoms with Gasteiger partial charge in [-0.25, -0.2) is 9.97 Å². The van der Waals surface area contributed by atoms with E-state index in [1.807, 2.05) is 31.2 Å². The van der Waals surface area contributed by atoms with Crippen LogP contribution in [0.15, 0.2) is 36.7 Å². The van der Waals surface area contributed by atoms with Gasteiger partial charge in [-0.15, -0.1) is 0 Å². The maximum absolute atomic E-state index is 9.01. The molecule has 0 aliphatic rings. The highest BCUT2D eigenvalue weighted by molar-refractivity contribution is 5.60. The predicted octanol–water partition coefficient (Wildman–Crippen LogP) is 2.03. The van der Waals surface area contributed by atoms with Crippen molar-refractivity contribution in [3.8, 4) is 17.0 Å². The second-order valence-electron chi connectivity index (χ2n) is 3.51. The molecule has 1 aromatic carbocycles. The molecular weight excluding hydrogens is 216 g/mol. The highest BCUT2D eigenvalue weighted by atomic mass is 16.5. The third-order valence-electron chi connectivity index (χ3n) is 2.35. The van der Waals surface area contributed by atoms with Crippen molar-refractivity contribution in [2.45, 2.75) is 13.5 Å². The van der Waals surface area contributed by atoms with Gasteiger partial charge in [0.2, 0.25) is 0 Å². The standard InChI is InChI=1S/C13H14N2O2/c1-2-17-12-5-3-10(4-6-12)13-7-11(8-16)14-9-15-13/h3-7,9,16H,2,8H2,1H3. The number of aliphatic hydroxyl groups is 1. The maximum Gasteiger partial charge on any atom is 0.119 e. The molecule has 0 saturated carbocycles. The summed E-state index contributed by atoms with van der Waals surface area (Å²) < 4.78 is 5.37. The van der Waals surface area contributed by atoms with Crippen LogP contribution in [-0.2, 0) is 6.61 Å². The minimum atomic E-state index is -0.0768. The number of nitrogens with zero attached hydrogens (tertiary/aromatic N) is 2. The van der Waals surface area contributed by atoms with E-state index in [1.54, 1.807) is 6.07 Å². The van der Waals surface area contributed by atoms with Crippen LogP contribution < -0.4 is 4.74 Å². The minimum Gasteiger partial charge on any atom is -0.494 e. The van der Waals surface area contributed by atoms with Crippen molar-refractivity contribution in [3.63, 3.8) is 0 Å². The Bertz CT molecular complexity index is 483. The Hall–Kier alpha value is -1.94. The van der Waals surface area contributed by atoms with Gasteiger partial charge in [0.25, 0.3) is 0 Å². The molecule has 0 fully saturated rings. The first-order chi connectivity index (χ1) is 8.33. The van der Waals surface area contributed by atoms with Crippen LogP contribution in [0.3, 0.4) is 0 Å². The monoisotopic (exact) mass is 230 g/mol. The third kappa shape index (κ3) is 2.79. The van der Waals surface area contributed by atoms with Gasteiger partial charge in [-0.2, -0.15) is 0 Å². The Balaban J connectivity index is 2.26. The molecule has 0 radical (unpaired) electrons. The van der Waals surface area contributed by atoms with Gasteiger partial charge in [-0.05, 0) is 37.3 Å². The number of rotatable bonds is 4. The molecule has 4 nitrogen and oxygen atoms in total. The molecular formula is C13H14N2O2. The van der Waals surface area contributed by atoms with E-state index < -0.39 is 0 Å². The smallest absolute Gasteiger partial charge is 0.119 e. The molecule has 17 heavy (non-hydrogen) atoms. The molecule has 0 amide bonds. The average Bonchev–Trinajstić information content (AvgIpc) is 2.40. The Kier molecular flexibility index (Phi) is 3.67. The van der Waals surface area contributed by atoms with Crippen molar-refractivity contribution in [3.05, 3.63) is 42.4 Å². The van der Waals surface area contributed by atoms with Crippen molar-refractivity contribution in [1.82, 2.24) is 9.97 Å². The van der Waals surface area contributed by atoms with Gasteiger partial charge in [0.05, 0.1) is 24.6 Å². The summed E-state index contributed by atoms with van der Waals surface area (Å²) in [5.74, 6) is 0.840. The topological polar surface area (TPSA) is 55.2 Å². The quantitative estimate of drug-likeness (QED) is 0.873. The lowest BCUT2D eigenvalue weighted by Crippen LogP contribution is -1.93. The minimum absolute atomic E-state index is 0.0768. The summed E-state index contributed by atoms with van der Waals surface area (Å²) in [6.07, 6.45) is 1.46. The number of benzene rings is 1. The highest BCUT2D eigenvalue weighted by Crippen LogP contribution is 2.20. The molecule has 1 heterocycles. The Morgan fingerprint density at radius 3 is 2.59 bits per heavy atom. The number of aromatic nitrogens is 2. The van der Waals surface area contributed by atoms with E-state index in [9.17, 15) is 0 Å². The molecule has 0 saturated heterocycles. The molecule has 1 aromatic heterocycles. The largest absolute Gasteiger partial charge is 0.494 e. The van der Waals surface area contributed by atoms with Crippen LogP contribution in [0.1, 0.15) is 12.6 Å². The van der Waals surface area contributed by atoms with Gasteiger partial charge < -0.3 is 9.84 Å². The molecule has 2 rings (SSSR count). The van der Waals surface area contributed by atoms with Crippen molar-refractivity contribution in [2.24, 2.45) is 0 Å². The molecule has 0 spiro atoms. The van der Waals surface area contributed by atoms with Gasteiger partial charge in [-0.1, -0.05) is 0 Å². The molecule has 0 aliphatic carbocycles. The van der Waals surface area contributed by atoms with E-state index in [4.69, 9.17) is 9.84 Å². The molecule has 0 atom stereocenters. The summed E-state index contributed by atoms with van der Waals surface area (Å²) in [4.78, 5) is 8.11. The van der Waals surface area contributed by atoms with E-state index >= 15 is 0 Å². The van der Waals surface area contributed by atoms with E-state index in [-0.39, 0.29) is 6.61 Å². The van der Waals surface area contributed by atoms with Gasteiger partial charge in [0.1, 0.15) is 12.1 Å². The first kappa shape index (κ1) is 11.5. The molecule has 0 aliphatic heterocycles. The molecule has 1 N–H and O–H groups in total. The molecule has 88 valence electrons. The van der Waals surface area contributed by atoms with Crippen molar-refractivity contribution < 1.29 is 9.84 Å². The van der Waals surface area contributed by atoms with Crippen LogP contribution in [0.4, 0.5) is 0 Å². The zero-order valence-corrected chi connectivity index (χ0v) is 9.63. The fourth-order valence-electron chi connectivity index (χ4n) is 1.53. The number of aliphatic hydroxyl groups excluding tert-OH is 1. The Morgan fingerprint density at radius 1 is 1.18 bits per heavy atom. The zero-order valence-electron chi connectivity index (χ0n) is 9.63. The van der Waals surface area contributed by atoms with Crippen LogP contribution in [0.5, 0.6) is 5.75 Å². The summed E-state index contributed by atoms with van der Waals surface area (Å²) in [7, 11) is 0. The number of hydrogen-bond donors (Lipinski definition) is 1. The lowest BCUT2D eigenvalue weighted by Gasteiger charge is -2.05. The van der Waals surface area contributed by atoms with Crippen LogP contribution in [0.2, 0.25) is 0 Å². The second-order valence-corrected chi connectivity index (χ2v) is 3.51. The lowest BCUT2D eigenvalue weighted by molar-refractivity contribution is 0.276. The predicted molar refractivity (Wildman–Crippen MR) is 64.6 cm³/mol. The van der Waals surface area contributed by atoms with E-state index in [0.717, 1.165) is 17.0 Å². The van der Waals surface area contributed by atoms with Gasteiger partial charge in [0.15, 0.2) is 0 Å². The van der Waals surface area contributed by atoms with E-state index in [0.29, 0.717) is 12.3 Å². The third-order valence-corrected chi connectivity index (χ3v) is 2.35. The summed E-state index contributed by atoms with van der Waals surface area (Å²) in [6, 6.07) is 9.46. The van der Waals surface area contributed by atoms with Crippen LogP contribution in [-0.4, -0.2) is 21.7 Å². The lowest BCUT2D eigenvalue weighted by atomic mass is 10.1. The van der Waals surface area contributed by atoms with Crippen LogP contribution in [0, 0.1) is 0 Å². The molecule has 0 unspecified atom stereocenters. The number of hydrogen-bond acceptors (Lipinski definition) is 4. The van der Waals surface area contributed by atoms with Crippen molar-refractivity contribution in [2.75, 3.05) is 6.61 Å². The van der Waals surface area contributed by atoms with Gasteiger partial charge in [-0.3, -0.25) is 0 Å². The summed E-state index contributed by atoms with van der Waals surface area (Å²) in [5, 5.41) is 9.01. The zero-order chi connectivity index (χ0) is 12.1. The summed E-state index contributed by atoms with van der Waals surface area (Å²) in [6.45, 7) is 2.53. The second kappa shape index (κ2) is 5.41. The Labute approximate surface area is 99.9 Å². The summed E-state index contributed by atoms with van der Waals surface area (Å²) >= 11 is 0. The first-order valence-electron chi connectivity index (χ1n) is 5.48. The van der Waals surface area contributed by atoms with E-state index in [1.165, 1.54) is 6.33 Å². The van der Waals surface area contributed by atoms with Crippen molar-refractivity contribution in [1.29, 1.82) is 0 Å². The van der Waals surface area contributed by atoms with Gasteiger partial charge >= 0.3 is 0 Å². The SMILES string of the molecule is CCOc1ccc(-c2cc(CO)ncn2)cc1. The Morgan fingerprint density at radius 2 is 1.94 bits per heavy atom. The first-order valence-corrected chi connectivity index (χ1v) is 5.48. The maximum atomic E-state index is 9.01. The van der Waals surface area contributed by atoms with Crippen LogP contribution >= 0.6 is 0 Å².